The number of hydrogen-bond donors (Lipinski definition) is 1. The largest absolute Gasteiger partial charge is 0.298 e. The molecule has 0 radical (unpaired) electrons. The highest BCUT2D eigenvalue weighted by atomic mass is 127. The van der Waals surface area contributed by atoms with Gasteiger partial charge in [0.25, 0.3) is 5.91 Å². The van der Waals surface area contributed by atoms with Gasteiger partial charge in [0, 0.05) is 20.1 Å². The summed E-state index contributed by atoms with van der Waals surface area (Å²) in [5, 5.41) is 5.12. The summed E-state index contributed by atoms with van der Waals surface area (Å²) in [6, 6.07) is 13.4. The minimum Gasteiger partial charge on any atom is -0.298 e. The number of rotatable bonds is 3. The predicted molar refractivity (Wildman–Crippen MR) is 94.6 cm³/mol. The molecule has 0 atom stereocenters. The van der Waals surface area contributed by atoms with Gasteiger partial charge in [-0.25, -0.2) is 9.37 Å². The molecule has 6 heteroatoms. The molecule has 1 heterocycles. The number of hydrogen-bond acceptors (Lipinski definition) is 3. The molecule has 3 nitrogen and oxygen atoms in total. The van der Waals surface area contributed by atoms with Gasteiger partial charge in [0.1, 0.15) is 5.82 Å². The van der Waals surface area contributed by atoms with Crippen LogP contribution < -0.4 is 5.32 Å². The molecular weight excluding hydrogens is 414 g/mol. The summed E-state index contributed by atoms with van der Waals surface area (Å²) in [5.41, 5.74) is 2.11. The second-order valence-corrected chi connectivity index (χ2v) is 6.61. The van der Waals surface area contributed by atoms with E-state index in [0.29, 0.717) is 16.4 Å². The molecule has 1 amide bonds. The molecule has 0 aliphatic rings. The van der Waals surface area contributed by atoms with E-state index in [-0.39, 0.29) is 11.7 Å². The molecule has 110 valence electrons. The van der Waals surface area contributed by atoms with Gasteiger partial charge in [0.15, 0.2) is 5.13 Å². The maximum absolute atomic E-state index is 12.9. The van der Waals surface area contributed by atoms with Crippen LogP contribution in [-0.4, -0.2) is 10.9 Å². The summed E-state index contributed by atoms with van der Waals surface area (Å²) in [7, 11) is 0. The summed E-state index contributed by atoms with van der Waals surface area (Å²) in [6.45, 7) is 0. The van der Waals surface area contributed by atoms with Crippen molar-refractivity contribution < 1.29 is 9.18 Å². The van der Waals surface area contributed by atoms with Crippen LogP contribution in [0.15, 0.2) is 53.9 Å². The SMILES string of the molecule is O=C(Nc1nc(-c2ccc(F)cc2)cs1)c1ccc(I)cc1. The lowest BCUT2D eigenvalue weighted by Gasteiger charge is -2.01. The van der Waals surface area contributed by atoms with E-state index in [1.807, 2.05) is 17.5 Å². The number of thiazole rings is 1. The fourth-order valence-electron chi connectivity index (χ4n) is 1.85. The van der Waals surface area contributed by atoms with Crippen LogP contribution in [0.25, 0.3) is 11.3 Å². The van der Waals surface area contributed by atoms with Gasteiger partial charge in [-0.05, 0) is 71.1 Å². The summed E-state index contributed by atoms with van der Waals surface area (Å²) < 4.78 is 14.0. The predicted octanol–water partition coefficient (Wildman–Crippen LogP) is 4.81. The van der Waals surface area contributed by atoms with Gasteiger partial charge < -0.3 is 0 Å². The van der Waals surface area contributed by atoms with Crippen molar-refractivity contribution in [3.63, 3.8) is 0 Å². The average molecular weight is 424 g/mol. The Morgan fingerprint density at radius 3 is 2.45 bits per heavy atom. The normalized spacial score (nSPS) is 10.5. The molecule has 1 N–H and O–H groups in total. The Kier molecular flexibility index (Phi) is 4.49. The number of amides is 1. The lowest BCUT2D eigenvalue weighted by Crippen LogP contribution is -2.11. The maximum atomic E-state index is 12.9. The summed E-state index contributed by atoms with van der Waals surface area (Å²) in [4.78, 5) is 16.5. The number of halogens is 2. The Bertz CT molecular complexity index is 800. The fraction of sp³-hybridized carbons (Fsp3) is 0. The zero-order valence-electron chi connectivity index (χ0n) is 11.2. The Morgan fingerprint density at radius 1 is 1.09 bits per heavy atom. The third-order valence-electron chi connectivity index (χ3n) is 2.97. The van der Waals surface area contributed by atoms with Crippen LogP contribution in [0, 0.1) is 9.39 Å². The molecule has 0 saturated carbocycles. The van der Waals surface area contributed by atoms with Crippen molar-refractivity contribution in [3.8, 4) is 11.3 Å². The van der Waals surface area contributed by atoms with E-state index in [4.69, 9.17) is 0 Å². The monoisotopic (exact) mass is 424 g/mol. The second-order valence-electron chi connectivity index (χ2n) is 4.51. The van der Waals surface area contributed by atoms with Crippen LogP contribution in [0.2, 0.25) is 0 Å². The highest BCUT2D eigenvalue weighted by Gasteiger charge is 2.10. The van der Waals surface area contributed by atoms with E-state index in [1.54, 1.807) is 24.3 Å². The van der Waals surface area contributed by atoms with Crippen molar-refractivity contribution >= 4 is 45.0 Å². The van der Waals surface area contributed by atoms with Gasteiger partial charge >= 0.3 is 0 Å². The number of benzene rings is 2. The molecule has 3 rings (SSSR count). The molecule has 0 aliphatic heterocycles. The zero-order valence-corrected chi connectivity index (χ0v) is 14.2. The molecule has 0 bridgehead atoms. The van der Waals surface area contributed by atoms with Gasteiger partial charge in [0.05, 0.1) is 5.69 Å². The first-order chi connectivity index (χ1) is 10.6. The van der Waals surface area contributed by atoms with Gasteiger partial charge in [-0.1, -0.05) is 0 Å². The molecule has 3 aromatic rings. The molecule has 0 saturated heterocycles. The molecule has 0 spiro atoms. The van der Waals surface area contributed by atoms with Gasteiger partial charge in [-0.2, -0.15) is 0 Å². The van der Waals surface area contributed by atoms with Gasteiger partial charge in [0.2, 0.25) is 0 Å². The van der Waals surface area contributed by atoms with E-state index in [1.165, 1.54) is 23.5 Å². The number of anilines is 1. The topological polar surface area (TPSA) is 42.0 Å². The van der Waals surface area contributed by atoms with Crippen molar-refractivity contribution in [2.24, 2.45) is 0 Å². The smallest absolute Gasteiger partial charge is 0.257 e. The molecule has 2 aromatic carbocycles. The van der Waals surface area contributed by atoms with E-state index < -0.39 is 0 Å². The Hall–Kier alpha value is -1.80. The van der Waals surface area contributed by atoms with Gasteiger partial charge in [-0.3, -0.25) is 10.1 Å². The van der Waals surface area contributed by atoms with Gasteiger partial charge in [-0.15, -0.1) is 11.3 Å². The standard InChI is InChI=1S/C16H10FIN2OS/c17-12-5-1-10(2-6-12)14-9-22-16(19-14)20-15(21)11-3-7-13(18)8-4-11/h1-9H,(H,19,20,21). The number of nitrogens with one attached hydrogen (secondary N) is 1. The molecule has 22 heavy (non-hydrogen) atoms. The second kappa shape index (κ2) is 6.53. The van der Waals surface area contributed by atoms with Crippen LogP contribution in [-0.2, 0) is 0 Å². The molecule has 0 unspecified atom stereocenters. The molecule has 0 fully saturated rings. The minimum atomic E-state index is -0.286. The summed E-state index contributed by atoms with van der Waals surface area (Å²) >= 11 is 3.52. The van der Waals surface area contributed by atoms with Crippen molar-refractivity contribution in [3.05, 3.63) is 68.9 Å². The van der Waals surface area contributed by atoms with Crippen molar-refractivity contribution in [2.75, 3.05) is 5.32 Å². The highest BCUT2D eigenvalue weighted by molar-refractivity contribution is 14.1. The lowest BCUT2D eigenvalue weighted by atomic mass is 10.2. The lowest BCUT2D eigenvalue weighted by molar-refractivity contribution is 0.102. The van der Waals surface area contributed by atoms with E-state index >= 15 is 0 Å². The van der Waals surface area contributed by atoms with E-state index in [0.717, 1.165) is 9.13 Å². The fourth-order valence-corrected chi connectivity index (χ4v) is 2.93. The maximum Gasteiger partial charge on any atom is 0.257 e. The van der Waals surface area contributed by atoms with E-state index in [2.05, 4.69) is 32.9 Å². The first kappa shape index (κ1) is 15.1. The van der Waals surface area contributed by atoms with Crippen molar-refractivity contribution in [1.29, 1.82) is 0 Å². The highest BCUT2D eigenvalue weighted by Crippen LogP contribution is 2.25. The molecule has 0 aliphatic carbocycles. The molecular formula is C16H10FIN2OS. The first-order valence-electron chi connectivity index (χ1n) is 6.40. The number of carbonyl (C=O) groups is 1. The molecule has 1 aromatic heterocycles. The van der Waals surface area contributed by atoms with Crippen LogP contribution in [0.4, 0.5) is 9.52 Å². The van der Waals surface area contributed by atoms with Crippen LogP contribution in [0.5, 0.6) is 0 Å². The number of aromatic nitrogens is 1. The van der Waals surface area contributed by atoms with E-state index in [9.17, 15) is 9.18 Å². The number of nitrogens with zero attached hydrogens (tertiary/aromatic N) is 1. The van der Waals surface area contributed by atoms with Crippen LogP contribution in [0.1, 0.15) is 10.4 Å². The van der Waals surface area contributed by atoms with Crippen molar-refractivity contribution in [2.45, 2.75) is 0 Å². The Labute approximate surface area is 144 Å². The summed E-state index contributed by atoms with van der Waals surface area (Å²) in [5.74, 6) is -0.484. The Morgan fingerprint density at radius 2 is 1.77 bits per heavy atom. The Balaban J connectivity index is 1.75. The van der Waals surface area contributed by atoms with Crippen molar-refractivity contribution in [1.82, 2.24) is 4.98 Å². The van der Waals surface area contributed by atoms with Crippen LogP contribution in [0.3, 0.4) is 0 Å². The minimum absolute atomic E-state index is 0.198. The number of carbonyl (C=O) groups excluding carboxylic acids is 1. The first-order valence-corrected chi connectivity index (χ1v) is 8.36. The third-order valence-corrected chi connectivity index (χ3v) is 4.45. The quantitative estimate of drug-likeness (QED) is 0.614. The average Bonchev–Trinajstić information content (AvgIpc) is 2.97. The third kappa shape index (κ3) is 3.50. The van der Waals surface area contributed by atoms with Crippen LogP contribution >= 0.6 is 33.9 Å². The zero-order chi connectivity index (χ0) is 15.5. The summed E-state index contributed by atoms with van der Waals surface area (Å²) in [6.07, 6.45) is 0.